The SMILES string of the molecule is Cc1nc2ccc(S(=O)(=O)NCC(=O)NCc3cccnc3)cc2s1. The first-order valence-corrected chi connectivity index (χ1v) is 9.76. The molecule has 9 heteroatoms. The number of thiazole rings is 1. The van der Waals surface area contributed by atoms with Crippen LogP contribution in [0.2, 0.25) is 0 Å². The number of fused-ring (bicyclic) bond motifs is 1. The van der Waals surface area contributed by atoms with Crippen LogP contribution in [0.5, 0.6) is 0 Å². The Bertz CT molecular complexity index is 1000. The molecule has 3 rings (SSSR count). The molecule has 3 aromatic rings. The molecule has 0 aliphatic heterocycles. The van der Waals surface area contributed by atoms with Crippen LogP contribution < -0.4 is 10.0 Å². The number of carbonyl (C=O) groups is 1. The van der Waals surface area contributed by atoms with Gasteiger partial charge in [-0.2, -0.15) is 0 Å². The van der Waals surface area contributed by atoms with Gasteiger partial charge in [0.25, 0.3) is 0 Å². The van der Waals surface area contributed by atoms with Crippen LogP contribution in [-0.2, 0) is 21.4 Å². The lowest BCUT2D eigenvalue weighted by Crippen LogP contribution is -2.36. The Hall–Kier alpha value is -2.36. The number of hydrogen-bond acceptors (Lipinski definition) is 6. The Morgan fingerprint density at radius 3 is 2.88 bits per heavy atom. The number of amides is 1. The smallest absolute Gasteiger partial charge is 0.241 e. The van der Waals surface area contributed by atoms with Crippen molar-refractivity contribution in [1.29, 1.82) is 0 Å². The normalized spacial score (nSPS) is 11.6. The zero-order valence-electron chi connectivity index (χ0n) is 13.4. The Labute approximate surface area is 149 Å². The summed E-state index contributed by atoms with van der Waals surface area (Å²) in [6.07, 6.45) is 3.28. The van der Waals surface area contributed by atoms with E-state index >= 15 is 0 Å². The zero-order chi connectivity index (χ0) is 17.9. The summed E-state index contributed by atoms with van der Waals surface area (Å²) >= 11 is 1.42. The second kappa shape index (κ2) is 7.26. The highest BCUT2D eigenvalue weighted by Gasteiger charge is 2.16. The van der Waals surface area contributed by atoms with E-state index in [1.165, 1.54) is 17.4 Å². The van der Waals surface area contributed by atoms with Crippen molar-refractivity contribution in [3.05, 3.63) is 53.3 Å². The molecule has 0 atom stereocenters. The molecule has 0 aliphatic carbocycles. The fraction of sp³-hybridized carbons (Fsp3) is 0.188. The van der Waals surface area contributed by atoms with Crippen LogP contribution in [0.3, 0.4) is 0 Å². The molecule has 0 bridgehead atoms. The van der Waals surface area contributed by atoms with Crippen LogP contribution in [0, 0.1) is 6.92 Å². The lowest BCUT2D eigenvalue weighted by molar-refractivity contribution is -0.120. The molecule has 0 fully saturated rings. The van der Waals surface area contributed by atoms with Crippen molar-refractivity contribution in [2.45, 2.75) is 18.4 Å². The molecule has 130 valence electrons. The highest BCUT2D eigenvalue weighted by atomic mass is 32.2. The number of aryl methyl sites for hydroxylation is 1. The van der Waals surface area contributed by atoms with Crippen molar-refractivity contribution < 1.29 is 13.2 Å². The van der Waals surface area contributed by atoms with Gasteiger partial charge in [-0.25, -0.2) is 18.1 Å². The van der Waals surface area contributed by atoms with Gasteiger partial charge < -0.3 is 5.32 Å². The number of aromatic nitrogens is 2. The van der Waals surface area contributed by atoms with Gasteiger partial charge in [-0.15, -0.1) is 11.3 Å². The average molecular weight is 376 g/mol. The fourth-order valence-electron chi connectivity index (χ4n) is 2.20. The van der Waals surface area contributed by atoms with Crippen LogP contribution in [0.4, 0.5) is 0 Å². The molecule has 2 heterocycles. The quantitative estimate of drug-likeness (QED) is 0.680. The van der Waals surface area contributed by atoms with Gasteiger partial charge in [0.05, 0.1) is 26.7 Å². The van der Waals surface area contributed by atoms with E-state index in [-0.39, 0.29) is 11.4 Å². The number of nitrogens with one attached hydrogen (secondary N) is 2. The third-order valence-corrected chi connectivity index (χ3v) is 5.74. The van der Waals surface area contributed by atoms with E-state index in [0.29, 0.717) is 6.54 Å². The molecule has 2 N–H and O–H groups in total. The van der Waals surface area contributed by atoms with Gasteiger partial charge in [-0.3, -0.25) is 9.78 Å². The van der Waals surface area contributed by atoms with Crippen LogP contribution in [0.1, 0.15) is 10.6 Å². The molecule has 2 aromatic heterocycles. The third kappa shape index (κ3) is 4.38. The summed E-state index contributed by atoms with van der Waals surface area (Å²) in [6, 6.07) is 8.30. The lowest BCUT2D eigenvalue weighted by atomic mass is 10.3. The largest absolute Gasteiger partial charge is 0.351 e. The second-order valence-corrected chi connectivity index (χ2v) is 8.33. The minimum atomic E-state index is -3.76. The summed E-state index contributed by atoms with van der Waals surface area (Å²) in [4.78, 5) is 20.2. The van der Waals surface area contributed by atoms with Crippen LogP contribution in [-0.4, -0.2) is 30.8 Å². The molecule has 7 nitrogen and oxygen atoms in total. The molecule has 0 saturated heterocycles. The molecule has 1 aromatic carbocycles. The van der Waals surface area contributed by atoms with Gasteiger partial charge in [-0.1, -0.05) is 6.07 Å². The Balaban J connectivity index is 1.61. The molecule has 25 heavy (non-hydrogen) atoms. The highest BCUT2D eigenvalue weighted by Crippen LogP contribution is 2.24. The van der Waals surface area contributed by atoms with Gasteiger partial charge in [-0.05, 0) is 36.8 Å². The fourth-order valence-corrected chi connectivity index (χ4v) is 4.15. The monoisotopic (exact) mass is 376 g/mol. The number of rotatable bonds is 6. The minimum Gasteiger partial charge on any atom is -0.351 e. The summed E-state index contributed by atoms with van der Waals surface area (Å²) < 4.78 is 27.8. The van der Waals surface area contributed by atoms with Crippen molar-refractivity contribution in [3.63, 3.8) is 0 Å². The van der Waals surface area contributed by atoms with Crippen molar-refractivity contribution in [3.8, 4) is 0 Å². The second-order valence-electron chi connectivity index (χ2n) is 5.32. The molecule has 0 unspecified atom stereocenters. The van der Waals surface area contributed by atoms with E-state index in [0.717, 1.165) is 20.8 Å². The first-order valence-electron chi connectivity index (χ1n) is 7.46. The van der Waals surface area contributed by atoms with Gasteiger partial charge in [0.15, 0.2) is 0 Å². The number of sulfonamides is 1. The number of carbonyl (C=O) groups excluding carboxylic acids is 1. The van der Waals surface area contributed by atoms with Crippen molar-refractivity contribution in [2.24, 2.45) is 0 Å². The van der Waals surface area contributed by atoms with E-state index in [4.69, 9.17) is 0 Å². The molecule has 0 spiro atoms. The van der Waals surface area contributed by atoms with E-state index in [1.54, 1.807) is 30.6 Å². The predicted molar refractivity (Wildman–Crippen MR) is 95.6 cm³/mol. The summed E-state index contributed by atoms with van der Waals surface area (Å²) in [5.41, 5.74) is 1.60. The maximum Gasteiger partial charge on any atom is 0.241 e. The first kappa shape index (κ1) is 17.5. The molecule has 1 amide bonds. The van der Waals surface area contributed by atoms with Crippen LogP contribution >= 0.6 is 11.3 Å². The van der Waals surface area contributed by atoms with Gasteiger partial charge in [0.1, 0.15) is 0 Å². The minimum absolute atomic E-state index is 0.115. The van der Waals surface area contributed by atoms with Gasteiger partial charge in [0, 0.05) is 18.9 Å². The third-order valence-electron chi connectivity index (χ3n) is 3.41. The maximum atomic E-state index is 12.3. The number of benzene rings is 1. The molecule has 0 radical (unpaired) electrons. The van der Waals surface area contributed by atoms with Crippen LogP contribution in [0.15, 0.2) is 47.6 Å². The summed E-state index contributed by atoms with van der Waals surface area (Å²) in [5, 5.41) is 3.51. The number of hydrogen-bond donors (Lipinski definition) is 2. The van der Waals surface area contributed by atoms with E-state index in [2.05, 4.69) is 20.0 Å². The Kier molecular flexibility index (Phi) is 5.07. The zero-order valence-corrected chi connectivity index (χ0v) is 15.0. The predicted octanol–water partition coefficient (Wildman–Crippen LogP) is 1.59. The Morgan fingerprint density at radius 2 is 2.12 bits per heavy atom. The summed E-state index contributed by atoms with van der Waals surface area (Å²) in [5.74, 6) is -0.415. The highest BCUT2D eigenvalue weighted by molar-refractivity contribution is 7.89. The maximum absolute atomic E-state index is 12.3. The average Bonchev–Trinajstić information content (AvgIpc) is 2.98. The first-order chi connectivity index (χ1) is 11.9. The van der Waals surface area contributed by atoms with E-state index in [1.807, 2.05) is 13.0 Å². The summed E-state index contributed by atoms with van der Waals surface area (Å²) in [6.45, 7) is 1.83. The molecular formula is C16H16N4O3S2. The number of nitrogens with zero attached hydrogens (tertiary/aromatic N) is 2. The summed E-state index contributed by atoms with van der Waals surface area (Å²) in [7, 11) is -3.76. The van der Waals surface area contributed by atoms with Crippen molar-refractivity contribution in [2.75, 3.05) is 6.54 Å². The van der Waals surface area contributed by atoms with E-state index < -0.39 is 15.9 Å². The van der Waals surface area contributed by atoms with E-state index in [9.17, 15) is 13.2 Å². The van der Waals surface area contributed by atoms with Crippen molar-refractivity contribution in [1.82, 2.24) is 20.0 Å². The van der Waals surface area contributed by atoms with Gasteiger partial charge in [0.2, 0.25) is 15.9 Å². The lowest BCUT2D eigenvalue weighted by Gasteiger charge is -2.08. The molecule has 0 saturated carbocycles. The number of pyridine rings is 1. The van der Waals surface area contributed by atoms with Crippen LogP contribution in [0.25, 0.3) is 10.2 Å². The Morgan fingerprint density at radius 1 is 1.28 bits per heavy atom. The molecular weight excluding hydrogens is 360 g/mol. The standard InChI is InChI=1S/C16H16N4O3S2/c1-11-20-14-5-4-13(7-15(14)24-11)25(22,23)19-10-16(21)18-9-12-3-2-6-17-8-12/h2-8,19H,9-10H2,1H3,(H,18,21). The van der Waals surface area contributed by atoms with Crippen molar-refractivity contribution >= 4 is 37.5 Å². The molecule has 0 aliphatic rings. The topological polar surface area (TPSA) is 101 Å². The van der Waals surface area contributed by atoms with Gasteiger partial charge >= 0.3 is 0 Å².